The van der Waals surface area contributed by atoms with Gasteiger partial charge in [0, 0.05) is 16.6 Å². The molecule has 3 rings (SSSR count). The highest BCUT2D eigenvalue weighted by Gasteiger charge is 2.23. The predicted molar refractivity (Wildman–Crippen MR) is 74.1 cm³/mol. The smallest absolute Gasteiger partial charge is 0.128 e. The Bertz CT molecular complexity index is 582. The maximum absolute atomic E-state index is 14.0. The number of halogens is 2. The van der Waals surface area contributed by atoms with E-state index in [4.69, 9.17) is 0 Å². The third-order valence-corrected chi connectivity index (χ3v) is 3.87. The summed E-state index contributed by atoms with van der Waals surface area (Å²) in [6.45, 7) is 0.883. The SMILES string of the molecule is Fc1ccc(Br)cc1C1NCCc2ccccc21. The van der Waals surface area contributed by atoms with Crippen molar-refractivity contribution < 1.29 is 4.39 Å². The Balaban J connectivity index is 2.11. The molecule has 1 unspecified atom stereocenters. The molecule has 2 aromatic rings. The van der Waals surface area contributed by atoms with E-state index < -0.39 is 0 Å². The second-order valence-corrected chi connectivity index (χ2v) is 5.42. The van der Waals surface area contributed by atoms with Gasteiger partial charge in [0.2, 0.25) is 0 Å². The molecule has 0 bridgehead atoms. The molecule has 2 aromatic carbocycles. The molecule has 1 heterocycles. The van der Waals surface area contributed by atoms with Crippen LogP contribution in [0.25, 0.3) is 0 Å². The molecule has 0 radical (unpaired) electrons. The fraction of sp³-hybridized carbons (Fsp3) is 0.200. The van der Waals surface area contributed by atoms with E-state index in [1.807, 2.05) is 18.2 Å². The first kappa shape index (κ1) is 11.9. The van der Waals surface area contributed by atoms with Crippen molar-refractivity contribution in [2.75, 3.05) is 6.54 Å². The van der Waals surface area contributed by atoms with Crippen molar-refractivity contribution >= 4 is 15.9 Å². The van der Waals surface area contributed by atoms with Crippen LogP contribution in [0.1, 0.15) is 22.7 Å². The Hall–Kier alpha value is -1.19. The number of fused-ring (bicyclic) bond motifs is 1. The summed E-state index contributed by atoms with van der Waals surface area (Å²) in [6, 6.07) is 13.3. The van der Waals surface area contributed by atoms with Crippen LogP contribution in [0.3, 0.4) is 0 Å². The van der Waals surface area contributed by atoms with Crippen LogP contribution < -0.4 is 5.32 Å². The van der Waals surface area contributed by atoms with Gasteiger partial charge < -0.3 is 5.32 Å². The lowest BCUT2D eigenvalue weighted by Gasteiger charge is -2.27. The van der Waals surface area contributed by atoms with E-state index in [9.17, 15) is 4.39 Å². The van der Waals surface area contributed by atoms with E-state index in [1.54, 1.807) is 6.07 Å². The zero-order chi connectivity index (χ0) is 12.5. The van der Waals surface area contributed by atoms with Crippen LogP contribution >= 0.6 is 15.9 Å². The maximum Gasteiger partial charge on any atom is 0.128 e. The molecule has 0 fully saturated rings. The molecule has 0 aromatic heterocycles. The standard InChI is InChI=1S/C15H13BrFN/c16-11-5-6-14(17)13(9-11)15-12-4-2-1-3-10(12)7-8-18-15/h1-6,9,15,18H,7-8H2. The average Bonchev–Trinajstić information content (AvgIpc) is 2.41. The molecule has 3 heteroatoms. The van der Waals surface area contributed by atoms with E-state index >= 15 is 0 Å². The topological polar surface area (TPSA) is 12.0 Å². The summed E-state index contributed by atoms with van der Waals surface area (Å²) in [5.41, 5.74) is 3.19. The molecule has 0 aliphatic carbocycles. The molecule has 1 N–H and O–H groups in total. The summed E-state index contributed by atoms with van der Waals surface area (Å²) in [6.07, 6.45) is 1.00. The largest absolute Gasteiger partial charge is 0.306 e. The molecule has 92 valence electrons. The Morgan fingerprint density at radius 3 is 2.83 bits per heavy atom. The third kappa shape index (κ3) is 2.08. The predicted octanol–water partition coefficient (Wildman–Crippen LogP) is 3.82. The molecular weight excluding hydrogens is 293 g/mol. The minimum Gasteiger partial charge on any atom is -0.306 e. The van der Waals surface area contributed by atoms with Crippen molar-refractivity contribution in [3.63, 3.8) is 0 Å². The van der Waals surface area contributed by atoms with Crippen molar-refractivity contribution in [1.82, 2.24) is 5.32 Å². The monoisotopic (exact) mass is 305 g/mol. The zero-order valence-corrected chi connectivity index (χ0v) is 11.4. The van der Waals surface area contributed by atoms with Gasteiger partial charge in [-0.05, 0) is 35.7 Å². The van der Waals surface area contributed by atoms with Crippen LogP contribution in [-0.4, -0.2) is 6.54 Å². The number of hydrogen-bond donors (Lipinski definition) is 1. The quantitative estimate of drug-likeness (QED) is 0.844. The molecule has 1 aliphatic rings. The highest BCUT2D eigenvalue weighted by Crippen LogP contribution is 2.31. The summed E-state index contributed by atoms with van der Waals surface area (Å²) in [5, 5.41) is 3.40. The number of hydrogen-bond acceptors (Lipinski definition) is 1. The Labute approximate surface area is 114 Å². The van der Waals surface area contributed by atoms with E-state index in [2.05, 4.69) is 33.4 Å². The summed E-state index contributed by atoms with van der Waals surface area (Å²) in [7, 11) is 0. The molecule has 1 aliphatic heterocycles. The van der Waals surface area contributed by atoms with Gasteiger partial charge in [-0.25, -0.2) is 4.39 Å². The molecule has 1 atom stereocenters. The Kier molecular flexibility index (Phi) is 3.18. The fourth-order valence-corrected chi connectivity index (χ4v) is 2.90. The van der Waals surface area contributed by atoms with Crippen LogP contribution in [0.4, 0.5) is 4.39 Å². The second kappa shape index (κ2) is 4.82. The first-order chi connectivity index (χ1) is 8.75. The van der Waals surface area contributed by atoms with E-state index in [1.165, 1.54) is 17.2 Å². The average molecular weight is 306 g/mol. The number of benzene rings is 2. The summed E-state index contributed by atoms with van der Waals surface area (Å²) < 4.78 is 14.9. The van der Waals surface area contributed by atoms with Gasteiger partial charge in [0.15, 0.2) is 0 Å². The van der Waals surface area contributed by atoms with Gasteiger partial charge in [-0.15, -0.1) is 0 Å². The van der Waals surface area contributed by atoms with Gasteiger partial charge in [-0.3, -0.25) is 0 Å². The molecule has 0 spiro atoms. The summed E-state index contributed by atoms with van der Waals surface area (Å²) >= 11 is 3.41. The summed E-state index contributed by atoms with van der Waals surface area (Å²) in [5.74, 6) is -0.160. The first-order valence-electron chi connectivity index (χ1n) is 6.02. The Morgan fingerprint density at radius 1 is 1.11 bits per heavy atom. The highest BCUT2D eigenvalue weighted by molar-refractivity contribution is 9.10. The summed E-state index contributed by atoms with van der Waals surface area (Å²) in [4.78, 5) is 0. The van der Waals surface area contributed by atoms with Crippen LogP contribution in [0.5, 0.6) is 0 Å². The van der Waals surface area contributed by atoms with Gasteiger partial charge in [-0.2, -0.15) is 0 Å². The normalized spacial score (nSPS) is 18.4. The number of nitrogens with one attached hydrogen (secondary N) is 1. The third-order valence-electron chi connectivity index (χ3n) is 3.38. The molecule has 1 nitrogen and oxygen atoms in total. The molecule has 0 saturated heterocycles. The lowest BCUT2D eigenvalue weighted by molar-refractivity contribution is 0.528. The van der Waals surface area contributed by atoms with Gasteiger partial charge in [0.25, 0.3) is 0 Å². The molecular formula is C15H13BrFN. The van der Waals surface area contributed by atoms with Gasteiger partial charge in [-0.1, -0.05) is 40.2 Å². The van der Waals surface area contributed by atoms with Crippen molar-refractivity contribution in [2.24, 2.45) is 0 Å². The van der Waals surface area contributed by atoms with Crippen molar-refractivity contribution in [1.29, 1.82) is 0 Å². The molecule has 18 heavy (non-hydrogen) atoms. The lowest BCUT2D eigenvalue weighted by Crippen LogP contribution is -2.31. The Morgan fingerprint density at radius 2 is 1.94 bits per heavy atom. The van der Waals surface area contributed by atoms with Crippen molar-refractivity contribution in [3.8, 4) is 0 Å². The van der Waals surface area contributed by atoms with E-state index in [0.29, 0.717) is 5.56 Å². The maximum atomic E-state index is 14.0. The van der Waals surface area contributed by atoms with E-state index in [-0.39, 0.29) is 11.9 Å². The first-order valence-corrected chi connectivity index (χ1v) is 6.81. The minimum absolute atomic E-state index is 0.0487. The van der Waals surface area contributed by atoms with Gasteiger partial charge >= 0.3 is 0 Å². The van der Waals surface area contributed by atoms with E-state index in [0.717, 1.165) is 17.4 Å². The second-order valence-electron chi connectivity index (χ2n) is 4.50. The molecule has 0 saturated carbocycles. The lowest BCUT2D eigenvalue weighted by atomic mass is 9.90. The highest BCUT2D eigenvalue weighted by atomic mass is 79.9. The zero-order valence-electron chi connectivity index (χ0n) is 9.79. The van der Waals surface area contributed by atoms with Crippen LogP contribution in [0, 0.1) is 5.82 Å². The number of rotatable bonds is 1. The van der Waals surface area contributed by atoms with Crippen molar-refractivity contribution in [2.45, 2.75) is 12.5 Å². The van der Waals surface area contributed by atoms with Gasteiger partial charge in [0.05, 0.1) is 6.04 Å². The van der Waals surface area contributed by atoms with Crippen LogP contribution in [0.15, 0.2) is 46.9 Å². The minimum atomic E-state index is -0.160. The van der Waals surface area contributed by atoms with Gasteiger partial charge in [0.1, 0.15) is 5.82 Å². The fourth-order valence-electron chi connectivity index (χ4n) is 2.52. The van der Waals surface area contributed by atoms with Crippen LogP contribution in [-0.2, 0) is 6.42 Å². The van der Waals surface area contributed by atoms with Crippen LogP contribution in [0.2, 0.25) is 0 Å². The van der Waals surface area contributed by atoms with Crippen molar-refractivity contribution in [3.05, 3.63) is 69.4 Å². The molecule has 0 amide bonds.